The van der Waals surface area contributed by atoms with E-state index >= 15 is 0 Å². The molecule has 4 rings (SSSR count). The minimum atomic E-state index is -0.298. The first kappa shape index (κ1) is 35.2. The minimum Gasteiger partial charge on any atom is -0.494 e. The van der Waals surface area contributed by atoms with E-state index < -0.39 is 0 Å². The standard InChI is InChI=1S/C36H46N4O7/c1-21-15-29-28(22(2)47-36(29,4)5)19-27(21)17-24-11-12-26(16-24)32(41)38-31-33(45-9)39-35(40-34(31)46-10)37-20-25(13-14-42-6)18-30(44-8)23(3)43-7/h11-13,15,18-19,22H,3,14,16-17,20H2,1-2,4-10H3,(H,38,41)(H,37,39,40)/b25-13+,30-18+. The lowest BCUT2D eigenvalue weighted by molar-refractivity contribution is -0.112. The Kier molecular flexibility index (Phi) is 11.5. The van der Waals surface area contributed by atoms with Crippen LogP contribution in [0.3, 0.4) is 0 Å². The Morgan fingerprint density at radius 1 is 1.09 bits per heavy atom. The number of rotatable bonds is 15. The van der Waals surface area contributed by atoms with Gasteiger partial charge in [0.25, 0.3) is 5.91 Å². The van der Waals surface area contributed by atoms with E-state index in [2.05, 4.69) is 67.0 Å². The zero-order chi connectivity index (χ0) is 34.3. The fourth-order valence-electron chi connectivity index (χ4n) is 5.66. The van der Waals surface area contributed by atoms with Crippen LogP contribution in [-0.2, 0) is 35.8 Å². The summed E-state index contributed by atoms with van der Waals surface area (Å²) in [4.78, 5) is 22.4. The molecule has 0 saturated carbocycles. The van der Waals surface area contributed by atoms with E-state index in [9.17, 15) is 4.79 Å². The number of allylic oxidation sites excluding steroid dienone is 3. The van der Waals surface area contributed by atoms with Crippen molar-refractivity contribution in [2.45, 2.75) is 52.2 Å². The van der Waals surface area contributed by atoms with E-state index in [0.717, 1.165) is 17.6 Å². The summed E-state index contributed by atoms with van der Waals surface area (Å²) >= 11 is 0. The number of fused-ring (bicyclic) bond motifs is 1. The van der Waals surface area contributed by atoms with Crippen molar-refractivity contribution in [3.05, 3.63) is 93.5 Å². The van der Waals surface area contributed by atoms with Crippen molar-refractivity contribution < 1.29 is 33.2 Å². The number of nitrogens with zero attached hydrogens (tertiary/aromatic N) is 2. The van der Waals surface area contributed by atoms with E-state index in [4.69, 9.17) is 28.4 Å². The molecule has 0 saturated heterocycles. The third-order valence-electron chi connectivity index (χ3n) is 8.20. The lowest BCUT2D eigenvalue weighted by Gasteiger charge is -2.20. The second-order valence-corrected chi connectivity index (χ2v) is 11.8. The van der Waals surface area contributed by atoms with E-state index in [-0.39, 0.29) is 41.0 Å². The predicted octanol–water partition coefficient (Wildman–Crippen LogP) is 6.24. The Labute approximate surface area is 277 Å². The van der Waals surface area contributed by atoms with Gasteiger partial charge in [0.1, 0.15) is 0 Å². The third kappa shape index (κ3) is 8.22. The van der Waals surface area contributed by atoms with Crippen molar-refractivity contribution in [1.82, 2.24) is 9.97 Å². The Bertz CT molecular complexity index is 1610. The van der Waals surface area contributed by atoms with Crippen LogP contribution in [0.2, 0.25) is 0 Å². The molecule has 1 aliphatic carbocycles. The summed E-state index contributed by atoms with van der Waals surface area (Å²) in [6.45, 7) is 13.0. The van der Waals surface area contributed by atoms with Gasteiger partial charge in [0.15, 0.2) is 17.2 Å². The molecule has 1 aromatic carbocycles. The van der Waals surface area contributed by atoms with Crippen molar-refractivity contribution in [2.75, 3.05) is 59.3 Å². The molecule has 1 amide bonds. The highest BCUT2D eigenvalue weighted by molar-refractivity contribution is 6.06. The number of aromatic nitrogens is 2. The van der Waals surface area contributed by atoms with Gasteiger partial charge >= 0.3 is 0 Å². The maximum atomic E-state index is 13.4. The highest BCUT2D eigenvalue weighted by atomic mass is 16.5. The first-order valence-corrected chi connectivity index (χ1v) is 15.4. The number of ether oxygens (including phenoxy) is 6. The summed E-state index contributed by atoms with van der Waals surface area (Å²) in [5, 5.41) is 6.07. The fraction of sp³-hybridized carbons (Fsp3) is 0.417. The molecule has 2 heterocycles. The summed E-state index contributed by atoms with van der Waals surface area (Å²) < 4.78 is 33.1. The molecule has 11 nitrogen and oxygen atoms in total. The van der Waals surface area contributed by atoms with Crippen molar-refractivity contribution in [2.24, 2.45) is 0 Å². The van der Waals surface area contributed by atoms with Crippen LogP contribution in [0.15, 0.2) is 71.3 Å². The number of methoxy groups -OCH3 is 5. The minimum absolute atomic E-state index is 0.0426. The van der Waals surface area contributed by atoms with Crippen molar-refractivity contribution in [3.63, 3.8) is 0 Å². The Morgan fingerprint density at radius 2 is 1.79 bits per heavy atom. The SMILES string of the molecule is C=C(OC)/C(=C\C(=C/COC)CNc1nc(OC)c(NC(=O)C2=CC=C(Cc3cc4c(cc3C)C(C)(C)OC4C)C2)c(OC)n1)OC. The van der Waals surface area contributed by atoms with Crippen LogP contribution in [0.1, 0.15) is 55.5 Å². The highest BCUT2D eigenvalue weighted by Crippen LogP contribution is 2.44. The molecular formula is C36H46N4O7. The monoisotopic (exact) mass is 646 g/mol. The predicted molar refractivity (Wildman–Crippen MR) is 182 cm³/mol. The number of carbonyl (C=O) groups is 1. The fourth-order valence-corrected chi connectivity index (χ4v) is 5.66. The van der Waals surface area contributed by atoms with E-state index in [0.29, 0.717) is 36.7 Å². The molecule has 1 atom stereocenters. The molecule has 1 aromatic heterocycles. The number of anilines is 2. The number of carbonyl (C=O) groups excluding carboxylic acids is 1. The quantitative estimate of drug-likeness (QED) is 0.170. The molecular weight excluding hydrogens is 600 g/mol. The van der Waals surface area contributed by atoms with Crippen molar-refractivity contribution >= 4 is 17.5 Å². The van der Waals surface area contributed by atoms with Gasteiger partial charge in [-0.2, -0.15) is 9.97 Å². The average Bonchev–Trinajstić information content (AvgIpc) is 3.61. The van der Waals surface area contributed by atoms with Gasteiger partial charge in [-0.1, -0.05) is 42.5 Å². The second-order valence-electron chi connectivity index (χ2n) is 11.8. The summed E-state index contributed by atoms with van der Waals surface area (Å²) in [7, 11) is 7.59. The summed E-state index contributed by atoms with van der Waals surface area (Å²) in [5.41, 5.74) is 7.43. The molecule has 1 unspecified atom stereocenters. The molecule has 0 radical (unpaired) electrons. The Hall–Kier alpha value is -4.61. The van der Waals surface area contributed by atoms with Gasteiger partial charge in [-0.15, -0.1) is 0 Å². The number of hydrogen-bond acceptors (Lipinski definition) is 10. The van der Waals surface area contributed by atoms with Gasteiger partial charge < -0.3 is 39.1 Å². The van der Waals surface area contributed by atoms with Gasteiger partial charge in [-0.25, -0.2) is 0 Å². The molecule has 0 fully saturated rings. The van der Waals surface area contributed by atoms with Crippen LogP contribution in [0, 0.1) is 6.92 Å². The molecule has 11 heteroatoms. The van der Waals surface area contributed by atoms with Crippen LogP contribution < -0.4 is 20.1 Å². The first-order valence-electron chi connectivity index (χ1n) is 15.4. The van der Waals surface area contributed by atoms with E-state index in [1.807, 2.05) is 18.2 Å². The normalized spacial score (nSPS) is 17.0. The zero-order valence-corrected chi connectivity index (χ0v) is 28.8. The maximum Gasteiger partial charge on any atom is 0.252 e. The summed E-state index contributed by atoms with van der Waals surface area (Å²) in [6, 6.07) is 4.50. The number of nitrogens with one attached hydrogen (secondary N) is 2. The number of hydrogen-bond donors (Lipinski definition) is 2. The maximum absolute atomic E-state index is 13.4. The van der Waals surface area contributed by atoms with Crippen LogP contribution >= 0.6 is 0 Å². The van der Waals surface area contributed by atoms with Crippen LogP contribution in [0.25, 0.3) is 0 Å². The third-order valence-corrected chi connectivity index (χ3v) is 8.20. The first-order chi connectivity index (χ1) is 22.4. The second kappa shape index (κ2) is 15.3. The van der Waals surface area contributed by atoms with Crippen molar-refractivity contribution in [3.8, 4) is 11.8 Å². The smallest absolute Gasteiger partial charge is 0.252 e. The molecule has 2 aliphatic rings. The molecule has 2 N–H and O–H groups in total. The lowest BCUT2D eigenvalue weighted by Crippen LogP contribution is -2.17. The summed E-state index contributed by atoms with van der Waals surface area (Å²) in [6.07, 6.45) is 8.83. The van der Waals surface area contributed by atoms with Gasteiger partial charge in [0.05, 0.1) is 46.8 Å². The van der Waals surface area contributed by atoms with Gasteiger partial charge in [-0.3, -0.25) is 4.79 Å². The van der Waals surface area contributed by atoms with E-state index in [1.165, 1.54) is 50.7 Å². The van der Waals surface area contributed by atoms with Crippen LogP contribution in [0.4, 0.5) is 11.6 Å². The molecule has 0 spiro atoms. The molecule has 252 valence electrons. The number of benzene rings is 1. The Morgan fingerprint density at radius 3 is 2.40 bits per heavy atom. The Balaban J connectivity index is 1.45. The summed E-state index contributed by atoms with van der Waals surface area (Å²) in [5.74, 6) is 1.08. The topological polar surface area (TPSA) is 122 Å². The van der Waals surface area contributed by atoms with Crippen LogP contribution in [0.5, 0.6) is 11.8 Å². The molecule has 47 heavy (non-hydrogen) atoms. The van der Waals surface area contributed by atoms with Crippen LogP contribution in [-0.4, -0.2) is 64.6 Å². The van der Waals surface area contributed by atoms with Gasteiger partial charge in [0.2, 0.25) is 17.7 Å². The number of aryl methyl sites for hydroxylation is 1. The molecule has 2 aromatic rings. The zero-order valence-electron chi connectivity index (χ0n) is 28.8. The molecule has 1 aliphatic heterocycles. The number of amides is 1. The van der Waals surface area contributed by atoms with E-state index in [1.54, 1.807) is 13.2 Å². The average molecular weight is 647 g/mol. The van der Waals surface area contributed by atoms with Crippen molar-refractivity contribution in [1.29, 1.82) is 0 Å². The van der Waals surface area contributed by atoms with Gasteiger partial charge in [-0.05, 0) is 74.4 Å². The highest BCUT2D eigenvalue weighted by Gasteiger charge is 2.36. The van der Waals surface area contributed by atoms with Gasteiger partial charge in [0, 0.05) is 19.2 Å². The molecule has 0 bridgehead atoms. The largest absolute Gasteiger partial charge is 0.494 e. The lowest BCUT2D eigenvalue weighted by atomic mass is 9.88.